The lowest BCUT2D eigenvalue weighted by Crippen LogP contribution is -2.32. The molecule has 0 spiro atoms. The third-order valence-electron chi connectivity index (χ3n) is 4.71. The normalized spacial score (nSPS) is 12.1. The average Bonchev–Trinajstić information content (AvgIpc) is 2.76. The largest absolute Gasteiger partial charge is 0.497 e. The summed E-state index contributed by atoms with van der Waals surface area (Å²) in [4.78, 5) is 4.18. The minimum atomic E-state index is -0.603. The van der Waals surface area contributed by atoms with E-state index in [1.54, 1.807) is 14.2 Å². The molecule has 0 bridgehead atoms. The third-order valence-corrected chi connectivity index (χ3v) is 4.71. The van der Waals surface area contributed by atoms with E-state index in [2.05, 4.69) is 9.80 Å². The Morgan fingerprint density at radius 1 is 0.871 bits per heavy atom. The van der Waals surface area contributed by atoms with Gasteiger partial charge in [-0.3, -0.25) is 4.90 Å². The summed E-state index contributed by atoms with van der Waals surface area (Å²) in [6.07, 6.45) is 0.352. The Bertz CT molecular complexity index is 767. The van der Waals surface area contributed by atoms with Crippen LogP contribution in [0.25, 0.3) is 0 Å². The van der Waals surface area contributed by atoms with Crippen molar-refractivity contribution in [2.75, 3.05) is 61.7 Å². The molecule has 7 heteroatoms. The smallest absolute Gasteiger partial charge is 0.161 e. The van der Waals surface area contributed by atoms with Gasteiger partial charge >= 0.3 is 0 Å². The zero-order chi connectivity index (χ0) is 22.6. The van der Waals surface area contributed by atoms with Crippen LogP contribution in [0.4, 0.5) is 0 Å². The van der Waals surface area contributed by atoms with Gasteiger partial charge in [0.05, 0.1) is 20.8 Å². The highest BCUT2D eigenvalue weighted by Gasteiger charge is 2.12. The van der Waals surface area contributed by atoms with Gasteiger partial charge in [-0.05, 0) is 69.5 Å². The molecule has 0 saturated heterocycles. The molecule has 0 aliphatic heterocycles. The van der Waals surface area contributed by atoms with E-state index in [-0.39, 0.29) is 6.61 Å². The van der Waals surface area contributed by atoms with Crippen molar-refractivity contribution >= 4 is 0 Å². The van der Waals surface area contributed by atoms with Crippen molar-refractivity contribution < 1.29 is 24.1 Å². The molecule has 0 saturated carbocycles. The van der Waals surface area contributed by atoms with Crippen molar-refractivity contribution in [2.24, 2.45) is 0 Å². The number of rotatable bonds is 14. The first kappa shape index (κ1) is 24.8. The van der Waals surface area contributed by atoms with Crippen molar-refractivity contribution in [2.45, 2.75) is 19.1 Å². The van der Waals surface area contributed by atoms with Crippen molar-refractivity contribution in [1.82, 2.24) is 9.80 Å². The number of aliphatic hydroxyl groups excluding tert-OH is 1. The molecule has 2 rings (SSSR count). The molecule has 0 amide bonds. The molecule has 0 fully saturated rings. The number of aliphatic hydroxyl groups is 1. The second-order valence-electron chi connectivity index (χ2n) is 7.83. The summed E-state index contributed by atoms with van der Waals surface area (Å²) in [6, 6.07) is 13.3. The van der Waals surface area contributed by atoms with Crippen molar-refractivity contribution in [3.05, 3.63) is 48.0 Å². The van der Waals surface area contributed by atoms with E-state index in [0.717, 1.165) is 35.8 Å². The fourth-order valence-electron chi connectivity index (χ4n) is 3.15. The van der Waals surface area contributed by atoms with Crippen LogP contribution < -0.4 is 18.9 Å². The number of ether oxygens (including phenoxy) is 4. The van der Waals surface area contributed by atoms with Crippen LogP contribution in [0.3, 0.4) is 0 Å². The number of hydrogen-bond donors (Lipinski definition) is 1. The lowest BCUT2D eigenvalue weighted by atomic mass is 10.2. The van der Waals surface area contributed by atoms with Crippen LogP contribution >= 0.6 is 0 Å². The van der Waals surface area contributed by atoms with Gasteiger partial charge in [0.2, 0.25) is 0 Å². The predicted molar refractivity (Wildman–Crippen MR) is 122 cm³/mol. The van der Waals surface area contributed by atoms with Crippen LogP contribution in [0.2, 0.25) is 0 Å². The summed E-state index contributed by atoms with van der Waals surface area (Å²) in [5.74, 6) is 2.95. The molecule has 7 nitrogen and oxygen atoms in total. The molecule has 0 aliphatic rings. The van der Waals surface area contributed by atoms with E-state index >= 15 is 0 Å². The Kier molecular flexibility index (Phi) is 10.4. The van der Waals surface area contributed by atoms with E-state index in [1.807, 2.05) is 63.6 Å². The van der Waals surface area contributed by atoms with Gasteiger partial charge in [-0.15, -0.1) is 0 Å². The Balaban J connectivity index is 1.79. The van der Waals surface area contributed by atoms with Crippen LogP contribution in [-0.2, 0) is 6.54 Å². The molecule has 172 valence electrons. The van der Waals surface area contributed by atoms with Crippen LogP contribution in [0.1, 0.15) is 12.0 Å². The monoisotopic (exact) mass is 432 g/mol. The maximum atomic E-state index is 10.3. The maximum absolute atomic E-state index is 10.3. The van der Waals surface area contributed by atoms with E-state index in [4.69, 9.17) is 18.9 Å². The average molecular weight is 433 g/mol. The minimum Gasteiger partial charge on any atom is -0.497 e. The Morgan fingerprint density at radius 3 is 2.23 bits per heavy atom. The molecule has 1 N–H and O–H groups in total. The van der Waals surface area contributed by atoms with Gasteiger partial charge in [-0.25, -0.2) is 0 Å². The molecule has 0 aromatic heterocycles. The highest BCUT2D eigenvalue weighted by Crippen LogP contribution is 2.28. The van der Waals surface area contributed by atoms with E-state index in [9.17, 15) is 5.11 Å². The Labute approximate surface area is 186 Å². The molecule has 31 heavy (non-hydrogen) atoms. The molecule has 0 heterocycles. The summed E-state index contributed by atoms with van der Waals surface area (Å²) >= 11 is 0. The lowest BCUT2D eigenvalue weighted by Gasteiger charge is -2.21. The second kappa shape index (κ2) is 13.0. The number of benzene rings is 2. The van der Waals surface area contributed by atoms with E-state index in [1.165, 1.54) is 0 Å². The second-order valence-corrected chi connectivity index (χ2v) is 7.83. The summed E-state index contributed by atoms with van der Waals surface area (Å²) in [6.45, 7) is 3.02. The van der Waals surface area contributed by atoms with Gasteiger partial charge in [0.15, 0.2) is 11.5 Å². The fourth-order valence-corrected chi connectivity index (χ4v) is 3.15. The summed E-state index contributed by atoms with van der Waals surface area (Å²) in [7, 11) is 9.34. The van der Waals surface area contributed by atoms with Gasteiger partial charge in [-0.1, -0.05) is 6.07 Å². The maximum Gasteiger partial charge on any atom is 0.161 e. The predicted octanol–water partition coefficient (Wildman–Crippen LogP) is 2.91. The van der Waals surface area contributed by atoms with Gasteiger partial charge in [-0.2, -0.15) is 0 Å². The zero-order valence-corrected chi connectivity index (χ0v) is 19.3. The van der Waals surface area contributed by atoms with Gasteiger partial charge in [0, 0.05) is 19.6 Å². The van der Waals surface area contributed by atoms with Gasteiger partial charge in [0.25, 0.3) is 0 Å². The Hall–Kier alpha value is -2.48. The van der Waals surface area contributed by atoms with Crippen molar-refractivity contribution in [3.63, 3.8) is 0 Å². The van der Waals surface area contributed by atoms with Gasteiger partial charge < -0.3 is 29.0 Å². The van der Waals surface area contributed by atoms with Crippen LogP contribution in [-0.4, -0.2) is 82.7 Å². The first-order valence-corrected chi connectivity index (χ1v) is 10.5. The zero-order valence-electron chi connectivity index (χ0n) is 19.3. The van der Waals surface area contributed by atoms with E-state index in [0.29, 0.717) is 25.4 Å². The highest BCUT2D eigenvalue weighted by atomic mass is 16.5. The first-order valence-electron chi connectivity index (χ1n) is 10.5. The standard InChI is InChI=1S/C24H36N2O5/c1-25(2)13-6-14-30-23-12-7-19(15-24(23)29-5)16-26(3)17-20(27)18-31-22-10-8-21(28-4)9-11-22/h7-12,15,20,27H,6,13-14,16-18H2,1-5H3. The first-order chi connectivity index (χ1) is 14.9. The lowest BCUT2D eigenvalue weighted by molar-refractivity contribution is 0.0743. The van der Waals surface area contributed by atoms with Gasteiger partial charge in [0.1, 0.15) is 24.2 Å². The summed E-state index contributed by atoms with van der Waals surface area (Å²) in [5.41, 5.74) is 1.09. The Morgan fingerprint density at radius 2 is 1.58 bits per heavy atom. The topological polar surface area (TPSA) is 63.6 Å². The molecular weight excluding hydrogens is 396 g/mol. The molecule has 0 aliphatic carbocycles. The quantitative estimate of drug-likeness (QED) is 0.461. The number of likely N-dealkylation sites (N-methyl/N-ethyl adjacent to an activating group) is 1. The fraction of sp³-hybridized carbons (Fsp3) is 0.500. The summed E-state index contributed by atoms with van der Waals surface area (Å²) in [5, 5.41) is 10.3. The van der Waals surface area contributed by atoms with Crippen LogP contribution in [0.5, 0.6) is 23.0 Å². The summed E-state index contributed by atoms with van der Waals surface area (Å²) < 4.78 is 22.2. The van der Waals surface area contributed by atoms with Crippen LogP contribution in [0.15, 0.2) is 42.5 Å². The molecule has 1 atom stereocenters. The molecule has 0 radical (unpaired) electrons. The molecule has 2 aromatic carbocycles. The SMILES string of the molecule is COc1ccc(OCC(O)CN(C)Cc2ccc(OCCCN(C)C)c(OC)c2)cc1. The number of nitrogens with zero attached hydrogens (tertiary/aromatic N) is 2. The van der Waals surface area contributed by atoms with E-state index < -0.39 is 6.10 Å². The highest BCUT2D eigenvalue weighted by molar-refractivity contribution is 5.43. The minimum absolute atomic E-state index is 0.222. The molecular formula is C24H36N2O5. The van der Waals surface area contributed by atoms with Crippen molar-refractivity contribution in [1.29, 1.82) is 0 Å². The number of hydrogen-bond acceptors (Lipinski definition) is 7. The third kappa shape index (κ3) is 9.04. The number of methoxy groups -OCH3 is 2. The molecule has 2 aromatic rings. The molecule has 1 unspecified atom stereocenters. The van der Waals surface area contributed by atoms with Crippen LogP contribution in [0, 0.1) is 0 Å². The van der Waals surface area contributed by atoms with Crippen molar-refractivity contribution in [3.8, 4) is 23.0 Å².